The maximum Gasteiger partial charge on any atom is 0.255 e. The minimum Gasteiger partial charge on any atom is -0.507 e. The highest BCUT2D eigenvalue weighted by molar-refractivity contribution is 9.10. The third kappa shape index (κ3) is 3.13. The van der Waals surface area contributed by atoms with Crippen molar-refractivity contribution in [3.63, 3.8) is 0 Å². The van der Waals surface area contributed by atoms with Crippen LogP contribution in [0.15, 0.2) is 38.6 Å². The van der Waals surface area contributed by atoms with E-state index in [4.69, 9.17) is 0 Å². The Bertz CT molecular complexity index is 583. The number of nitrogens with one attached hydrogen (secondary N) is 1. The molecular weight excluding hydrogens is 382 g/mol. The van der Waals surface area contributed by atoms with Gasteiger partial charge < -0.3 is 10.4 Å². The van der Waals surface area contributed by atoms with Gasteiger partial charge in [0.25, 0.3) is 5.91 Å². The number of amides is 1. The number of phenols is 1. The first-order chi connectivity index (χ1) is 8.58. The minimum atomic E-state index is -0.291. The van der Waals surface area contributed by atoms with Crippen LogP contribution in [-0.2, 0) is 6.54 Å². The summed E-state index contributed by atoms with van der Waals surface area (Å²) in [4.78, 5) is 12.9. The standard InChI is InChI=1S/C12H9Br2NO2S/c13-7-1-2-8(10(16)5-7)12(17)15-6-11-9(14)3-4-18-11/h1-5,16H,6H2,(H,15,17). The molecule has 0 fully saturated rings. The Morgan fingerprint density at radius 1 is 1.33 bits per heavy atom. The number of thiophene rings is 1. The molecule has 2 N–H and O–H groups in total. The molecule has 0 aliphatic heterocycles. The van der Waals surface area contributed by atoms with Crippen LogP contribution in [-0.4, -0.2) is 11.0 Å². The van der Waals surface area contributed by atoms with Gasteiger partial charge in [0.2, 0.25) is 0 Å². The lowest BCUT2D eigenvalue weighted by atomic mass is 10.2. The molecule has 6 heteroatoms. The van der Waals surface area contributed by atoms with Gasteiger partial charge in [0.1, 0.15) is 5.75 Å². The van der Waals surface area contributed by atoms with E-state index in [1.807, 2.05) is 11.4 Å². The molecule has 2 aromatic rings. The van der Waals surface area contributed by atoms with Gasteiger partial charge in [-0.15, -0.1) is 11.3 Å². The number of aromatic hydroxyl groups is 1. The van der Waals surface area contributed by atoms with Crippen LogP contribution >= 0.6 is 43.2 Å². The highest BCUT2D eigenvalue weighted by Crippen LogP contribution is 2.24. The second kappa shape index (κ2) is 5.86. The molecule has 3 nitrogen and oxygen atoms in total. The number of hydrogen-bond acceptors (Lipinski definition) is 3. The molecule has 0 aliphatic rings. The molecule has 18 heavy (non-hydrogen) atoms. The monoisotopic (exact) mass is 389 g/mol. The quantitative estimate of drug-likeness (QED) is 0.834. The smallest absolute Gasteiger partial charge is 0.255 e. The fourth-order valence-electron chi connectivity index (χ4n) is 1.40. The van der Waals surface area contributed by atoms with Crippen molar-refractivity contribution in [3.05, 3.63) is 49.0 Å². The van der Waals surface area contributed by atoms with Crippen molar-refractivity contribution in [2.45, 2.75) is 6.54 Å². The SMILES string of the molecule is O=C(NCc1sccc1Br)c1ccc(Br)cc1O. The van der Waals surface area contributed by atoms with Crippen molar-refractivity contribution in [1.29, 1.82) is 0 Å². The predicted octanol–water partition coefficient (Wildman–Crippen LogP) is 3.91. The summed E-state index contributed by atoms with van der Waals surface area (Å²) in [7, 11) is 0. The first-order valence-corrected chi connectivity index (χ1v) is 7.53. The van der Waals surface area contributed by atoms with Gasteiger partial charge in [-0.2, -0.15) is 0 Å². The Balaban J connectivity index is 2.06. The molecule has 2 rings (SSSR count). The minimum absolute atomic E-state index is 0.0351. The Labute approximate surface area is 125 Å². The first-order valence-electron chi connectivity index (χ1n) is 5.06. The van der Waals surface area contributed by atoms with Gasteiger partial charge in [0.05, 0.1) is 12.1 Å². The van der Waals surface area contributed by atoms with Crippen LogP contribution in [0.2, 0.25) is 0 Å². The summed E-state index contributed by atoms with van der Waals surface area (Å²) in [6, 6.07) is 6.73. The van der Waals surface area contributed by atoms with Crippen molar-refractivity contribution in [1.82, 2.24) is 5.32 Å². The Morgan fingerprint density at radius 2 is 2.11 bits per heavy atom. The van der Waals surface area contributed by atoms with E-state index in [1.54, 1.807) is 23.5 Å². The maximum atomic E-state index is 11.9. The molecule has 0 radical (unpaired) electrons. The zero-order chi connectivity index (χ0) is 13.1. The van der Waals surface area contributed by atoms with E-state index < -0.39 is 0 Å². The zero-order valence-corrected chi connectivity index (χ0v) is 13.1. The molecule has 0 aliphatic carbocycles. The van der Waals surface area contributed by atoms with Crippen LogP contribution in [0.25, 0.3) is 0 Å². The fourth-order valence-corrected chi connectivity index (χ4v) is 3.19. The van der Waals surface area contributed by atoms with Gasteiger partial charge >= 0.3 is 0 Å². The summed E-state index contributed by atoms with van der Waals surface area (Å²) in [5.74, 6) is -0.326. The third-order valence-electron chi connectivity index (χ3n) is 2.30. The molecule has 1 amide bonds. The molecule has 0 spiro atoms. The molecule has 0 saturated heterocycles. The fraction of sp³-hybridized carbons (Fsp3) is 0.0833. The average Bonchev–Trinajstić information content (AvgIpc) is 2.72. The summed E-state index contributed by atoms with van der Waals surface area (Å²) < 4.78 is 1.71. The molecule has 94 valence electrons. The second-order valence-electron chi connectivity index (χ2n) is 3.54. The second-order valence-corrected chi connectivity index (χ2v) is 6.31. The van der Waals surface area contributed by atoms with Crippen molar-refractivity contribution >= 4 is 49.1 Å². The van der Waals surface area contributed by atoms with Gasteiger partial charge in [-0.3, -0.25) is 4.79 Å². The predicted molar refractivity (Wildman–Crippen MR) is 79.0 cm³/mol. The number of benzene rings is 1. The van der Waals surface area contributed by atoms with Gasteiger partial charge in [0, 0.05) is 13.8 Å². The van der Waals surface area contributed by atoms with Crippen LogP contribution in [0.4, 0.5) is 0 Å². The average molecular weight is 391 g/mol. The van der Waals surface area contributed by atoms with E-state index in [0.29, 0.717) is 6.54 Å². The Morgan fingerprint density at radius 3 is 2.72 bits per heavy atom. The molecule has 0 bridgehead atoms. The number of rotatable bonds is 3. The molecule has 0 atom stereocenters. The van der Waals surface area contributed by atoms with Crippen LogP contribution in [0.5, 0.6) is 5.75 Å². The highest BCUT2D eigenvalue weighted by atomic mass is 79.9. The van der Waals surface area contributed by atoms with Gasteiger partial charge in [-0.05, 0) is 45.6 Å². The van der Waals surface area contributed by atoms with E-state index in [-0.39, 0.29) is 17.2 Å². The maximum absolute atomic E-state index is 11.9. The van der Waals surface area contributed by atoms with Crippen LogP contribution in [0.1, 0.15) is 15.2 Å². The number of phenolic OH excluding ortho intramolecular Hbond substituents is 1. The molecule has 0 saturated carbocycles. The summed E-state index contributed by atoms with van der Waals surface area (Å²) in [5.41, 5.74) is 0.269. The summed E-state index contributed by atoms with van der Waals surface area (Å²) >= 11 is 8.19. The van der Waals surface area contributed by atoms with Crippen LogP contribution < -0.4 is 5.32 Å². The van der Waals surface area contributed by atoms with Gasteiger partial charge in [-0.25, -0.2) is 0 Å². The van der Waals surface area contributed by atoms with Crippen LogP contribution in [0.3, 0.4) is 0 Å². The van der Waals surface area contributed by atoms with Crippen molar-refractivity contribution < 1.29 is 9.90 Å². The van der Waals surface area contributed by atoms with E-state index in [1.165, 1.54) is 6.07 Å². The van der Waals surface area contributed by atoms with Gasteiger partial charge in [0.15, 0.2) is 0 Å². The lowest BCUT2D eigenvalue weighted by Crippen LogP contribution is -2.22. The van der Waals surface area contributed by atoms with E-state index >= 15 is 0 Å². The van der Waals surface area contributed by atoms with Crippen molar-refractivity contribution in [3.8, 4) is 5.75 Å². The van der Waals surface area contributed by atoms with E-state index in [9.17, 15) is 9.90 Å². The number of halogens is 2. The Kier molecular flexibility index (Phi) is 4.42. The molecule has 1 aromatic carbocycles. The third-order valence-corrected chi connectivity index (χ3v) is 4.72. The van der Waals surface area contributed by atoms with Crippen LogP contribution in [0, 0.1) is 0 Å². The summed E-state index contributed by atoms with van der Waals surface area (Å²) in [5, 5.41) is 14.4. The van der Waals surface area contributed by atoms with Gasteiger partial charge in [-0.1, -0.05) is 15.9 Å². The highest BCUT2D eigenvalue weighted by Gasteiger charge is 2.11. The number of carbonyl (C=O) groups excluding carboxylic acids is 1. The van der Waals surface area contributed by atoms with E-state index in [2.05, 4.69) is 37.2 Å². The number of hydrogen-bond donors (Lipinski definition) is 2. The lowest BCUT2D eigenvalue weighted by molar-refractivity contribution is 0.0948. The van der Waals surface area contributed by atoms with E-state index in [0.717, 1.165) is 13.8 Å². The molecule has 1 aromatic heterocycles. The number of carbonyl (C=O) groups is 1. The first kappa shape index (κ1) is 13.6. The van der Waals surface area contributed by atoms with Crippen molar-refractivity contribution in [2.75, 3.05) is 0 Å². The molecule has 0 unspecified atom stereocenters. The lowest BCUT2D eigenvalue weighted by Gasteiger charge is -2.06. The largest absolute Gasteiger partial charge is 0.507 e. The topological polar surface area (TPSA) is 49.3 Å². The molecule has 1 heterocycles. The summed E-state index contributed by atoms with van der Waals surface area (Å²) in [6.45, 7) is 0.437. The normalized spacial score (nSPS) is 10.3. The molecular formula is C12H9Br2NO2S. The Hall–Kier alpha value is -0.850. The summed E-state index contributed by atoms with van der Waals surface area (Å²) in [6.07, 6.45) is 0. The zero-order valence-electron chi connectivity index (χ0n) is 9.11. The van der Waals surface area contributed by atoms with Crippen molar-refractivity contribution in [2.24, 2.45) is 0 Å².